The van der Waals surface area contributed by atoms with Gasteiger partial charge in [-0.25, -0.2) is 0 Å². The number of nitrogens with two attached hydrogens (primary N) is 1. The van der Waals surface area contributed by atoms with Gasteiger partial charge in [0.2, 0.25) is 0 Å². The standard InChI is InChI=1S/C14H22N2O2/c1-10(17)8-11-4-3-7-16(11)12-5-6-13(15)14(9-12)18-2/h5-6,9-11,17H,3-4,7-8,15H2,1-2H3. The van der Waals surface area contributed by atoms with E-state index in [0.717, 1.165) is 30.8 Å². The maximum atomic E-state index is 9.55. The molecule has 4 nitrogen and oxygen atoms in total. The van der Waals surface area contributed by atoms with E-state index in [1.54, 1.807) is 7.11 Å². The van der Waals surface area contributed by atoms with Crippen molar-refractivity contribution in [3.05, 3.63) is 18.2 Å². The maximum Gasteiger partial charge on any atom is 0.143 e. The number of aliphatic hydroxyl groups excluding tert-OH is 1. The van der Waals surface area contributed by atoms with Gasteiger partial charge < -0.3 is 20.5 Å². The molecular weight excluding hydrogens is 228 g/mol. The van der Waals surface area contributed by atoms with Crippen molar-refractivity contribution < 1.29 is 9.84 Å². The van der Waals surface area contributed by atoms with Crippen LogP contribution in [0, 0.1) is 0 Å². The minimum atomic E-state index is -0.258. The molecule has 4 heteroatoms. The first-order valence-corrected chi connectivity index (χ1v) is 6.50. The summed E-state index contributed by atoms with van der Waals surface area (Å²) in [6.07, 6.45) is 2.86. The van der Waals surface area contributed by atoms with Crippen LogP contribution in [0.25, 0.3) is 0 Å². The van der Waals surface area contributed by atoms with Crippen LogP contribution >= 0.6 is 0 Å². The number of hydrogen-bond donors (Lipinski definition) is 2. The summed E-state index contributed by atoms with van der Waals surface area (Å²) in [6.45, 7) is 2.88. The monoisotopic (exact) mass is 250 g/mol. The molecular formula is C14H22N2O2. The molecule has 0 aliphatic carbocycles. The van der Waals surface area contributed by atoms with Gasteiger partial charge in [0.25, 0.3) is 0 Å². The van der Waals surface area contributed by atoms with Gasteiger partial charge in [-0.05, 0) is 38.3 Å². The molecule has 0 amide bonds. The lowest BCUT2D eigenvalue weighted by molar-refractivity contribution is 0.175. The molecule has 0 spiro atoms. The van der Waals surface area contributed by atoms with E-state index in [9.17, 15) is 5.11 Å². The molecule has 1 heterocycles. The van der Waals surface area contributed by atoms with Crippen molar-refractivity contribution >= 4 is 11.4 Å². The molecule has 1 aliphatic rings. The molecule has 2 unspecified atom stereocenters. The van der Waals surface area contributed by atoms with Gasteiger partial charge in [0.05, 0.1) is 18.9 Å². The second-order valence-electron chi connectivity index (χ2n) is 5.00. The Hall–Kier alpha value is -1.42. The summed E-state index contributed by atoms with van der Waals surface area (Å²) < 4.78 is 5.26. The van der Waals surface area contributed by atoms with Crippen LogP contribution in [0.4, 0.5) is 11.4 Å². The fourth-order valence-electron chi connectivity index (χ4n) is 2.69. The minimum absolute atomic E-state index is 0.258. The number of aliphatic hydroxyl groups is 1. The summed E-state index contributed by atoms with van der Waals surface area (Å²) in [7, 11) is 1.63. The lowest BCUT2D eigenvalue weighted by atomic mass is 10.1. The van der Waals surface area contributed by atoms with Crippen molar-refractivity contribution in [1.29, 1.82) is 0 Å². The maximum absolute atomic E-state index is 9.55. The minimum Gasteiger partial charge on any atom is -0.495 e. The number of rotatable bonds is 4. The molecule has 3 N–H and O–H groups in total. The van der Waals surface area contributed by atoms with Crippen LogP contribution in [-0.2, 0) is 0 Å². The molecule has 2 rings (SSSR count). The largest absolute Gasteiger partial charge is 0.495 e. The second-order valence-corrected chi connectivity index (χ2v) is 5.00. The van der Waals surface area contributed by atoms with Gasteiger partial charge in [0, 0.05) is 24.3 Å². The van der Waals surface area contributed by atoms with E-state index >= 15 is 0 Å². The molecule has 1 aliphatic heterocycles. The summed E-state index contributed by atoms with van der Waals surface area (Å²) in [5.41, 5.74) is 7.62. The number of benzene rings is 1. The summed E-state index contributed by atoms with van der Waals surface area (Å²) in [5.74, 6) is 0.718. The van der Waals surface area contributed by atoms with Crippen molar-refractivity contribution in [2.45, 2.75) is 38.3 Å². The van der Waals surface area contributed by atoms with Crippen molar-refractivity contribution in [3.63, 3.8) is 0 Å². The summed E-state index contributed by atoms with van der Waals surface area (Å²) in [5, 5.41) is 9.55. The lowest BCUT2D eigenvalue weighted by Crippen LogP contribution is -2.31. The highest BCUT2D eigenvalue weighted by atomic mass is 16.5. The van der Waals surface area contributed by atoms with Crippen LogP contribution in [0.5, 0.6) is 5.75 Å². The molecule has 1 aromatic carbocycles. The first kappa shape index (κ1) is 13.0. The van der Waals surface area contributed by atoms with Crippen molar-refractivity contribution in [3.8, 4) is 5.75 Å². The Balaban J connectivity index is 2.19. The molecule has 1 fully saturated rings. The number of nitrogens with zero attached hydrogens (tertiary/aromatic N) is 1. The quantitative estimate of drug-likeness (QED) is 0.803. The SMILES string of the molecule is COc1cc(N2CCCC2CC(C)O)ccc1N. The number of nitrogen functional groups attached to an aromatic ring is 1. The Morgan fingerprint density at radius 3 is 3.00 bits per heavy atom. The van der Waals surface area contributed by atoms with Gasteiger partial charge in [-0.2, -0.15) is 0 Å². The molecule has 18 heavy (non-hydrogen) atoms. The molecule has 2 atom stereocenters. The first-order chi connectivity index (χ1) is 8.61. The normalized spacial score (nSPS) is 21.1. The Morgan fingerprint density at radius 2 is 2.33 bits per heavy atom. The molecule has 0 saturated carbocycles. The predicted octanol–water partition coefficient (Wildman–Crippen LogP) is 2.02. The third-order valence-electron chi connectivity index (χ3n) is 3.54. The third-order valence-corrected chi connectivity index (χ3v) is 3.54. The number of methoxy groups -OCH3 is 1. The average Bonchev–Trinajstić information content (AvgIpc) is 2.77. The van der Waals surface area contributed by atoms with Gasteiger partial charge in [-0.1, -0.05) is 0 Å². The molecule has 1 aromatic rings. The van der Waals surface area contributed by atoms with E-state index in [0.29, 0.717) is 11.7 Å². The summed E-state index contributed by atoms with van der Waals surface area (Å²) >= 11 is 0. The second kappa shape index (κ2) is 5.48. The van der Waals surface area contributed by atoms with Crippen LogP contribution in [0.3, 0.4) is 0 Å². The van der Waals surface area contributed by atoms with Gasteiger partial charge >= 0.3 is 0 Å². The van der Waals surface area contributed by atoms with Crippen LogP contribution < -0.4 is 15.4 Å². The molecule has 0 radical (unpaired) electrons. The van der Waals surface area contributed by atoms with Crippen LogP contribution in [0.1, 0.15) is 26.2 Å². The van der Waals surface area contributed by atoms with Crippen LogP contribution in [0.15, 0.2) is 18.2 Å². The van der Waals surface area contributed by atoms with Gasteiger partial charge in [-0.3, -0.25) is 0 Å². The third kappa shape index (κ3) is 2.70. The lowest BCUT2D eigenvalue weighted by Gasteiger charge is -2.28. The molecule has 1 saturated heterocycles. The molecule has 0 aromatic heterocycles. The average molecular weight is 250 g/mol. The Kier molecular flexibility index (Phi) is 3.97. The fourth-order valence-corrected chi connectivity index (χ4v) is 2.69. The zero-order valence-corrected chi connectivity index (χ0v) is 11.1. The van der Waals surface area contributed by atoms with E-state index < -0.39 is 0 Å². The highest BCUT2D eigenvalue weighted by Gasteiger charge is 2.26. The van der Waals surface area contributed by atoms with E-state index in [1.807, 2.05) is 25.1 Å². The van der Waals surface area contributed by atoms with Gasteiger partial charge in [-0.15, -0.1) is 0 Å². The predicted molar refractivity (Wildman–Crippen MR) is 74.1 cm³/mol. The van der Waals surface area contributed by atoms with E-state index in [4.69, 9.17) is 10.5 Å². The summed E-state index contributed by atoms with van der Waals surface area (Å²) in [6, 6.07) is 6.30. The molecule has 0 bridgehead atoms. The first-order valence-electron chi connectivity index (χ1n) is 6.50. The van der Waals surface area contributed by atoms with Gasteiger partial charge in [0.1, 0.15) is 5.75 Å². The van der Waals surface area contributed by atoms with Crippen molar-refractivity contribution in [1.82, 2.24) is 0 Å². The zero-order valence-electron chi connectivity index (χ0n) is 11.1. The number of hydrogen-bond acceptors (Lipinski definition) is 4. The zero-order chi connectivity index (χ0) is 13.1. The Morgan fingerprint density at radius 1 is 1.56 bits per heavy atom. The fraction of sp³-hybridized carbons (Fsp3) is 0.571. The van der Waals surface area contributed by atoms with Crippen molar-refractivity contribution in [2.75, 3.05) is 24.3 Å². The highest BCUT2D eigenvalue weighted by Crippen LogP contribution is 2.33. The van der Waals surface area contributed by atoms with E-state index in [2.05, 4.69) is 4.90 Å². The topological polar surface area (TPSA) is 58.7 Å². The Labute approximate surface area is 108 Å². The highest BCUT2D eigenvalue weighted by molar-refractivity contribution is 5.63. The van der Waals surface area contributed by atoms with Crippen LogP contribution in [-0.4, -0.2) is 30.9 Å². The smallest absolute Gasteiger partial charge is 0.143 e. The molecule has 100 valence electrons. The number of ether oxygens (including phenoxy) is 1. The van der Waals surface area contributed by atoms with E-state index in [-0.39, 0.29) is 6.10 Å². The van der Waals surface area contributed by atoms with Crippen molar-refractivity contribution in [2.24, 2.45) is 0 Å². The number of anilines is 2. The van der Waals surface area contributed by atoms with Gasteiger partial charge in [0.15, 0.2) is 0 Å². The summed E-state index contributed by atoms with van der Waals surface area (Å²) in [4.78, 5) is 2.34. The van der Waals surface area contributed by atoms with E-state index in [1.165, 1.54) is 6.42 Å². The van der Waals surface area contributed by atoms with Crippen LogP contribution in [0.2, 0.25) is 0 Å². The Bertz CT molecular complexity index is 407.